The molecule has 0 spiro atoms. The van der Waals surface area contributed by atoms with Crippen LogP contribution in [0.25, 0.3) is 0 Å². The SMILES string of the molecule is CCC(=O)CCCCCCCNC(=O)CCCCCCC(=O)CCCCC1SCC2NC(=O)NC21. The minimum atomic E-state index is -0.0406. The van der Waals surface area contributed by atoms with Crippen LogP contribution in [0.15, 0.2) is 0 Å². The minimum Gasteiger partial charge on any atom is -0.356 e. The predicted molar refractivity (Wildman–Crippen MR) is 143 cm³/mol. The first-order valence-corrected chi connectivity index (χ1v) is 15.0. The van der Waals surface area contributed by atoms with E-state index in [4.69, 9.17) is 0 Å². The number of fused-ring (bicyclic) bond motifs is 1. The van der Waals surface area contributed by atoms with E-state index < -0.39 is 0 Å². The van der Waals surface area contributed by atoms with E-state index in [9.17, 15) is 19.2 Å². The van der Waals surface area contributed by atoms with Gasteiger partial charge in [0.15, 0.2) is 0 Å². The van der Waals surface area contributed by atoms with Crippen LogP contribution in [0.5, 0.6) is 0 Å². The van der Waals surface area contributed by atoms with Gasteiger partial charge in [-0.15, -0.1) is 0 Å². The fraction of sp³-hybridized carbons (Fsp3) is 0.852. The van der Waals surface area contributed by atoms with Crippen LogP contribution in [0.2, 0.25) is 0 Å². The third kappa shape index (κ3) is 12.8. The van der Waals surface area contributed by atoms with E-state index in [0.29, 0.717) is 48.9 Å². The highest BCUT2D eigenvalue weighted by atomic mass is 32.2. The summed E-state index contributed by atoms with van der Waals surface area (Å²) in [5, 5.41) is 9.46. The van der Waals surface area contributed by atoms with E-state index in [1.165, 1.54) is 0 Å². The van der Waals surface area contributed by atoms with Crippen molar-refractivity contribution in [3.63, 3.8) is 0 Å². The molecule has 3 N–H and O–H groups in total. The Bertz CT molecular complexity index is 673. The topological polar surface area (TPSA) is 104 Å². The highest BCUT2D eigenvalue weighted by Crippen LogP contribution is 2.33. The van der Waals surface area contributed by atoms with Crippen molar-refractivity contribution in [2.24, 2.45) is 0 Å². The summed E-state index contributed by atoms with van der Waals surface area (Å²) < 4.78 is 0. The molecule has 2 rings (SSSR count). The van der Waals surface area contributed by atoms with Crippen molar-refractivity contribution < 1.29 is 19.2 Å². The number of unbranched alkanes of at least 4 members (excludes halogenated alkanes) is 8. The van der Waals surface area contributed by atoms with Crippen LogP contribution in [0.4, 0.5) is 4.79 Å². The molecule has 2 aliphatic heterocycles. The van der Waals surface area contributed by atoms with Crippen molar-refractivity contribution in [3.05, 3.63) is 0 Å². The monoisotopic (exact) mass is 509 g/mol. The number of thioether (sulfide) groups is 1. The summed E-state index contributed by atoms with van der Waals surface area (Å²) in [5.41, 5.74) is 0. The van der Waals surface area contributed by atoms with Gasteiger partial charge in [-0.05, 0) is 38.5 Å². The Kier molecular flexibility index (Phi) is 15.1. The quantitative estimate of drug-likeness (QED) is 0.148. The molecular formula is C27H47N3O4S. The van der Waals surface area contributed by atoms with Crippen molar-refractivity contribution in [2.75, 3.05) is 12.3 Å². The van der Waals surface area contributed by atoms with E-state index in [1.54, 1.807) is 0 Å². The molecule has 0 saturated carbocycles. The zero-order chi connectivity index (χ0) is 25.3. The molecule has 0 bridgehead atoms. The smallest absolute Gasteiger partial charge is 0.315 e. The Morgan fingerprint density at radius 3 is 2.11 bits per heavy atom. The lowest BCUT2D eigenvalue weighted by atomic mass is 10.0. The zero-order valence-electron chi connectivity index (χ0n) is 21.7. The number of carbonyl (C=O) groups is 4. The van der Waals surface area contributed by atoms with Gasteiger partial charge < -0.3 is 16.0 Å². The third-order valence-corrected chi connectivity index (χ3v) is 8.60. The average molecular weight is 510 g/mol. The molecule has 200 valence electrons. The van der Waals surface area contributed by atoms with Gasteiger partial charge in [0.05, 0.1) is 12.1 Å². The Morgan fingerprint density at radius 2 is 1.40 bits per heavy atom. The van der Waals surface area contributed by atoms with E-state index in [1.807, 2.05) is 18.7 Å². The van der Waals surface area contributed by atoms with E-state index in [0.717, 1.165) is 89.3 Å². The van der Waals surface area contributed by atoms with Crippen LogP contribution in [0, 0.1) is 0 Å². The first kappa shape index (κ1) is 29.7. The van der Waals surface area contributed by atoms with Crippen LogP contribution >= 0.6 is 11.8 Å². The lowest BCUT2D eigenvalue weighted by molar-refractivity contribution is -0.121. The van der Waals surface area contributed by atoms with Gasteiger partial charge in [0, 0.05) is 49.7 Å². The van der Waals surface area contributed by atoms with Gasteiger partial charge in [-0.25, -0.2) is 4.79 Å². The number of amides is 3. The second-order valence-corrected chi connectivity index (χ2v) is 11.4. The molecule has 2 saturated heterocycles. The number of hydrogen-bond donors (Lipinski definition) is 3. The lowest BCUT2D eigenvalue weighted by Gasteiger charge is -2.16. The fourth-order valence-corrected chi connectivity index (χ4v) is 6.41. The second-order valence-electron chi connectivity index (χ2n) is 10.1. The molecule has 0 aromatic rings. The number of hydrogen-bond acceptors (Lipinski definition) is 5. The van der Waals surface area contributed by atoms with Crippen LogP contribution in [-0.4, -0.2) is 53.1 Å². The molecule has 7 nitrogen and oxygen atoms in total. The predicted octanol–water partition coefficient (Wildman–Crippen LogP) is 5.06. The minimum absolute atomic E-state index is 0.0406. The van der Waals surface area contributed by atoms with Crippen molar-refractivity contribution in [1.82, 2.24) is 16.0 Å². The Balaban J connectivity index is 1.32. The summed E-state index contributed by atoms with van der Waals surface area (Å²) in [6, 6.07) is 0.487. The molecule has 0 radical (unpaired) electrons. The molecule has 3 unspecified atom stereocenters. The van der Waals surface area contributed by atoms with E-state index in [2.05, 4.69) is 16.0 Å². The highest BCUT2D eigenvalue weighted by Gasteiger charge is 2.42. The standard InChI is InChI=1S/C27H47N3O4S/c1-2-21(31)14-8-4-3-7-13-19-28-25(33)18-10-6-5-9-15-22(32)16-11-12-17-24-26-23(20-35-24)29-27(34)30-26/h23-24,26H,2-20H2,1H3,(H,28,33)(H2,29,30,34). The van der Waals surface area contributed by atoms with Gasteiger partial charge in [0.25, 0.3) is 0 Å². The first-order chi connectivity index (χ1) is 17.0. The first-order valence-electron chi connectivity index (χ1n) is 14.0. The molecule has 8 heteroatoms. The maximum Gasteiger partial charge on any atom is 0.315 e. The van der Waals surface area contributed by atoms with Gasteiger partial charge in [0.1, 0.15) is 11.6 Å². The molecule has 35 heavy (non-hydrogen) atoms. The summed E-state index contributed by atoms with van der Waals surface area (Å²) in [7, 11) is 0. The highest BCUT2D eigenvalue weighted by molar-refractivity contribution is 8.00. The Labute approximate surface area is 216 Å². The van der Waals surface area contributed by atoms with Gasteiger partial charge in [-0.1, -0.05) is 45.4 Å². The maximum atomic E-state index is 12.1. The number of carbonyl (C=O) groups excluding carboxylic acids is 4. The molecule has 2 heterocycles. The summed E-state index contributed by atoms with van der Waals surface area (Å²) in [6.45, 7) is 2.66. The molecule has 2 fully saturated rings. The summed E-state index contributed by atoms with van der Waals surface area (Å²) >= 11 is 1.93. The van der Waals surface area contributed by atoms with Crippen molar-refractivity contribution >= 4 is 35.3 Å². The normalized spacial score (nSPS) is 20.8. The van der Waals surface area contributed by atoms with E-state index in [-0.39, 0.29) is 24.0 Å². The van der Waals surface area contributed by atoms with Crippen LogP contribution in [-0.2, 0) is 14.4 Å². The number of ketones is 2. The van der Waals surface area contributed by atoms with Gasteiger partial charge >= 0.3 is 6.03 Å². The molecule has 3 amide bonds. The van der Waals surface area contributed by atoms with Crippen molar-refractivity contribution in [3.8, 4) is 0 Å². The van der Waals surface area contributed by atoms with Crippen LogP contribution < -0.4 is 16.0 Å². The second kappa shape index (κ2) is 17.8. The number of rotatable bonds is 21. The zero-order valence-corrected chi connectivity index (χ0v) is 22.5. The van der Waals surface area contributed by atoms with Gasteiger partial charge in [0.2, 0.25) is 5.91 Å². The number of urea groups is 1. The Hall–Kier alpha value is -1.57. The summed E-state index contributed by atoms with van der Waals surface area (Å²) in [4.78, 5) is 46.7. The van der Waals surface area contributed by atoms with Crippen LogP contribution in [0.3, 0.4) is 0 Å². The third-order valence-electron chi connectivity index (χ3n) is 7.09. The van der Waals surface area contributed by atoms with Gasteiger partial charge in [-0.3, -0.25) is 14.4 Å². The summed E-state index contributed by atoms with van der Waals surface area (Å²) in [5.74, 6) is 1.83. The van der Waals surface area contributed by atoms with Crippen molar-refractivity contribution in [2.45, 2.75) is 133 Å². The summed E-state index contributed by atoms with van der Waals surface area (Å²) in [6.07, 6.45) is 15.4. The lowest BCUT2D eigenvalue weighted by Crippen LogP contribution is -2.36. The fourth-order valence-electron chi connectivity index (χ4n) is 4.87. The molecule has 0 aliphatic carbocycles. The van der Waals surface area contributed by atoms with E-state index >= 15 is 0 Å². The maximum absolute atomic E-state index is 12.1. The molecule has 0 aromatic carbocycles. The molecular weight excluding hydrogens is 462 g/mol. The average Bonchev–Trinajstić information content (AvgIpc) is 3.39. The molecule has 0 aromatic heterocycles. The van der Waals surface area contributed by atoms with Gasteiger partial charge in [-0.2, -0.15) is 11.8 Å². The van der Waals surface area contributed by atoms with Crippen molar-refractivity contribution in [1.29, 1.82) is 0 Å². The number of nitrogens with one attached hydrogen (secondary N) is 3. The largest absolute Gasteiger partial charge is 0.356 e. The number of Topliss-reactive ketones (excluding diaryl/α,β-unsaturated/α-hetero) is 2. The Morgan fingerprint density at radius 1 is 0.800 bits per heavy atom. The molecule has 2 aliphatic rings. The molecule has 3 atom stereocenters. The van der Waals surface area contributed by atoms with Crippen LogP contribution in [0.1, 0.15) is 116 Å².